The van der Waals surface area contributed by atoms with Crippen LogP contribution in [0.2, 0.25) is 0 Å². The summed E-state index contributed by atoms with van der Waals surface area (Å²) in [7, 11) is 0. The van der Waals surface area contributed by atoms with Crippen molar-refractivity contribution in [1.82, 2.24) is 9.97 Å². The molecule has 2 aromatic rings. The summed E-state index contributed by atoms with van der Waals surface area (Å²) in [6.45, 7) is 2.91. The Bertz CT molecular complexity index is 426. The zero-order valence-corrected chi connectivity index (χ0v) is 8.64. The molecule has 1 N–H and O–H groups in total. The van der Waals surface area contributed by atoms with Gasteiger partial charge in [0.15, 0.2) is 5.82 Å². The Kier molecular flexibility index (Phi) is 2.93. The van der Waals surface area contributed by atoms with E-state index < -0.39 is 0 Å². The van der Waals surface area contributed by atoms with Crippen molar-refractivity contribution in [3.63, 3.8) is 0 Å². The SMILES string of the molecule is CCNc1ccnc(-c2ccccc2)n1. The van der Waals surface area contributed by atoms with Crippen LogP contribution >= 0.6 is 0 Å². The van der Waals surface area contributed by atoms with Crippen molar-refractivity contribution >= 4 is 5.82 Å². The van der Waals surface area contributed by atoms with E-state index in [9.17, 15) is 0 Å². The quantitative estimate of drug-likeness (QED) is 0.825. The molecule has 76 valence electrons. The summed E-state index contributed by atoms with van der Waals surface area (Å²) in [5, 5.41) is 3.17. The van der Waals surface area contributed by atoms with Gasteiger partial charge in [0.1, 0.15) is 5.82 Å². The number of rotatable bonds is 3. The van der Waals surface area contributed by atoms with E-state index in [1.165, 1.54) is 0 Å². The lowest BCUT2D eigenvalue weighted by atomic mass is 10.2. The average molecular weight is 199 g/mol. The summed E-state index contributed by atoms with van der Waals surface area (Å²) >= 11 is 0. The smallest absolute Gasteiger partial charge is 0.161 e. The second-order valence-corrected chi connectivity index (χ2v) is 3.16. The maximum atomic E-state index is 4.41. The van der Waals surface area contributed by atoms with Crippen molar-refractivity contribution in [3.05, 3.63) is 42.6 Å². The van der Waals surface area contributed by atoms with Gasteiger partial charge in [-0.15, -0.1) is 0 Å². The minimum Gasteiger partial charge on any atom is -0.370 e. The number of aromatic nitrogens is 2. The predicted octanol–water partition coefficient (Wildman–Crippen LogP) is 2.58. The minimum atomic E-state index is 0.758. The molecule has 1 heterocycles. The van der Waals surface area contributed by atoms with E-state index >= 15 is 0 Å². The molecule has 1 aromatic heterocycles. The normalized spacial score (nSPS) is 9.93. The zero-order valence-electron chi connectivity index (χ0n) is 8.64. The monoisotopic (exact) mass is 199 g/mol. The van der Waals surface area contributed by atoms with Gasteiger partial charge in [-0.1, -0.05) is 30.3 Å². The van der Waals surface area contributed by atoms with Crippen LogP contribution in [0.1, 0.15) is 6.92 Å². The van der Waals surface area contributed by atoms with Gasteiger partial charge >= 0.3 is 0 Å². The lowest BCUT2D eigenvalue weighted by Crippen LogP contribution is -2.00. The highest BCUT2D eigenvalue weighted by atomic mass is 15.0. The van der Waals surface area contributed by atoms with E-state index in [4.69, 9.17) is 0 Å². The summed E-state index contributed by atoms with van der Waals surface area (Å²) in [5.74, 6) is 1.63. The number of anilines is 1. The Labute approximate surface area is 89.2 Å². The van der Waals surface area contributed by atoms with Crippen LogP contribution in [-0.2, 0) is 0 Å². The fraction of sp³-hybridized carbons (Fsp3) is 0.167. The van der Waals surface area contributed by atoms with Crippen LogP contribution in [-0.4, -0.2) is 16.5 Å². The molecule has 0 saturated carbocycles. The Morgan fingerprint density at radius 3 is 2.67 bits per heavy atom. The molecule has 0 aliphatic heterocycles. The highest BCUT2D eigenvalue weighted by molar-refractivity contribution is 5.56. The van der Waals surface area contributed by atoms with Crippen molar-refractivity contribution < 1.29 is 0 Å². The molecule has 15 heavy (non-hydrogen) atoms. The van der Waals surface area contributed by atoms with Crippen LogP contribution in [0.15, 0.2) is 42.6 Å². The van der Waals surface area contributed by atoms with Gasteiger partial charge in [0, 0.05) is 18.3 Å². The first kappa shape index (κ1) is 9.65. The molecule has 0 amide bonds. The van der Waals surface area contributed by atoms with E-state index in [2.05, 4.69) is 15.3 Å². The third-order valence-electron chi connectivity index (χ3n) is 2.05. The fourth-order valence-electron chi connectivity index (χ4n) is 1.36. The summed E-state index contributed by atoms with van der Waals surface area (Å²) in [5.41, 5.74) is 1.04. The standard InChI is InChI=1S/C12H13N3/c1-2-13-11-8-9-14-12(15-11)10-6-4-3-5-7-10/h3-9H,2H2,1H3,(H,13,14,15). The summed E-state index contributed by atoms with van der Waals surface area (Å²) in [6, 6.07) is 11.8. The summed E-state index contributed by atoms with van der Waals surface area (Å²) < 4.78 is 0. The molecule has 0 radical (unpaired) electrons. The lowest BCUT2D eigenvalue weighted by molar-refractivity contribution is 1.12. The van der Waals surface area contributed by atoms with Crippen molar-refractivity contribution in [1.29, 1.82) is 0 Å². The molecule has 1 aromatic carbocycles. The maximum Gasteiger partial charge on any atom is 0.161 e. The molecule has 0 unspecified atom stereocenters. The number of nitrogens with one attached hydrogen (secondary N) is 1. The Hall–Kier alpha value is -1.90. The average Bonchev–Trinajstić information content (AvgIpc) is 2.31. The van der Waals surface area contributed by atoms with Crippen LogP contribution in [0.25, 0.3) is 11.4 Å². The molecule has 0 aliphatic rings. The molecular weight excluding hydrogens is 186 g/mol. The van der Waals surface area contributed by atoms with Crippen LogP contribution in [0.4, 0.5) is 5.82 Å². The third kappa shape index (κ3) is 2.31. The molecule has 3 nitrogen and oxygen atoms in total. The minimum absolute atomic E-state index is 0.758. The van der Waals surface area contributed by atoms with Crippen molar-refractivity contribution in [2.75, 3.05) is 11.9 Å². The van der Waals surface area contributed by atoms with Gasteiger partial charge in [-0.25, -0.2) is 9.97 Å². The molecule has 0 aliphatic carbocycles. The number of hydrogen-bond donors (Lipinski definition) is 1. The Balaban J connectivity index is 2.33. The van der Waals surface area contributed by atoms with Gasteiger partial charge in [-0.3, -0.25) is 0 Å². The third-order valence-corrected chi connectivity index (χ3v) is 2.05. The second kappa shape index (κ2) is 4.55. The Morgan fingerprint density at radius 2 is 1.93 bits per heavy atom. The number of nitrogens with zero attached hydrogens (tertiary/aromatic N) is 2. The number of benzene rings is 1. The molecule has 0 saturated heterocycles. The van der Waals surface area contributed by atoms with Gasteiger partial charge in [-0.2, -0.15) is 0 Å². The lowest BCUT2D eigenvalue weighted by Gasteiger charge is -2.04. The van der Waals surface area contributed by atoms with E-state index in [0.29, 0.717) is 0 Å². The van der Waals surface area contributed by atoms with E-state index in [1.54, 1.807) is 6.20 Å². The molecule has 0 fully saturated rings. The fourth-order valence-corrected chi connectivity index (χ4v) is 1.36. The summed E-state index contributed by atoms with van der Waals surface area (Å²) in [4.78, 5) is 8.65. The first-order chi connectivity index (χ1) is 7.40. The number of hydrogen-bond acceptors (Lipinski definition) is 3. The molecule has 3 heteroatoms. The predicted molar refractivity (Wildman–Crippen MR) is 61.6 cm³/mol. The first-order valence-electron chi connectivity index (χ1n) is 5.02. The second-order valence-electron chi connectivity index (χ2n) is 3.16. The largest absolute Gasteiger partial charge is 0.370 e. The van der Waals surface area contributed by atoms with E-state index in [1.807, 2.05) is 43.3 Å². The molecule has 0 atom stereocenters. The summed E-state index contributed by atoms with van der Waals surface area (Å²) in [6.07, 6.45) is 1.77. The van der Waals surface area contributed by atoms with Crippen LogP contribution in [0, 0.1) is 0 Å². The van der Waals surface area contributed by atoms with Gasteiger partial charge in [-0.05, 0) is 13.0 Å². The maximum absolute atomic E-state index is 4.41. The van der Waals surface area contributed by atoms with Gasteiger partial charge in [0.25, 0.3) is 0 Å². The van der Waals surface area contributed by atoms with Crippen molar-refractivity contribution in [2.24, 2.45) is 0 Å². The molecule has 0 bridgehead atoms. The zero-order chi connectivity index (χ0) is 10.5. The molecule has 2 rings (SSSR count). The topological polar surface area (TPSA) is 37.8 Å². The van der Waals surface area contributed by atoms with Gasteiger partial charge in [0.05, 0.1) is 0 Å². The van der Waals surface area contributed by atoms with E-state index in [-0.39, 0.29) is 0 Å². The van der Waals surface area contributed by atoms with Crippen LogP contribution in [0.5, 0.6) is 0 Å². The molecule has 0 spiro atoms. The van der Waals surface area contributed by atoms with E-state index in [0.717, 1.165) is 23.8 Å². The molecular formula is C12H13N3. The van der Waals surface area contributed by atoms with Gasteiger partial charge < -0.3 is 5.32 Å². The Morgan fingerprint density at radius 1 is 1.13 bits per heavy atom. The van der Waals surface area contributed by atoms with Crippen molar-refractivity contribution in [2.45, 2.75) is 6.92 Å². The van der Waals surface area contributed by atoms with Crippen LogP contribution < -0.4 is 5.32 Å². The van der Waals surface area contributed by atoms with Crippen LogP contribution in [0.3, 0.4) is 0 Å². The van der Waals surface area contributed by atoms with Gasteiger partial charge in [0.2, 0.25) is 0 Å². The highest BCUT2D eigenvalue weighted by Crippen LogP contribution is 2.14. The highest BCUT2D eigenvalue weighted by Gasteiger charge is 2.00. The van der Waals surface area contributed by atoms with Crippen molar-refractivity contribution in [3.8, 4) is 11.4 Å². The first-order valence-corrected chi connectivity index (χ1v) is 5.02.